The van der Waals surface area contributed by atoms with E-state index in [-0.39, 0.29) is 11.9 Å². The molecule has 112 valence electrons. The fraction of sp³-hybridized carbons (Fsp3) is 0.400. The molecule has 0 aliphatic heterocycles. The number of pyridine rings is 1. The van der Waals surface area contributed by atoms with Gasteiger partial charge in [-0.2, -0.15) is 5.10 Å². The van der Waals surface area contributed by atoms with Crippen LogP contribution < -0.4 is 10.6 Å². The topological polar surface area (TPSA) is 82.7 Å². The predicted molar refractivity (Wildman–Crippen MR) is 82.1 cm³/mol. The Hall–Kier alpha value is -2.37. The van der Waals surface area contributed by atoms with Crippen molar-refractivity contribution in [2.24, 2.45) is 0 Å². The number of amides is 1. The Morgan fingerprint density at radius 2 is 2.24 bits per heavy atom. The van der Waals surface area contributed by atoms with Gasteiger partial charge in [-0.15, -0.1) is 0 Å². The lowest BCUT2D eigenvalue weighted by Gasteiger charge is -2.13. The van der Waals surface area contributed by atoms with E-state index in [4.69, 9.17) is 0 Å². The van der Waals surface area contributed by atoms with Crippen LogP contribution in [0.3, 0.4) is 0 Å². The highest BCUT2D eigenvalue weighted by molar-refractivity contribution is 5.98. The number of aryl methyl sites for hydroxylation is 1. The molecule has 0 bridgehead atoms. The third kappa shape index (κ3) is 4.05. The first kappa shape index (κ1) is 15.0. The molecule has 0 radical (unpaired) electrons. The molecule has 21 heavy (non-hydrogen) atoms. The maximum Gasteiger partial charge on any atom is 0.255 e. The molecule has 2 rings (SSSR count). The molecule has 2 aromatic rings. The van der Waals surface area contributed by atoms with Crippen molar-refractivity contribution in [2.75, 3.05) is 5.32 Å². The Morgan fingerprint density at radius 1 is 1.43 bits per heavy atom. The molecule has 0 aromatic carbocycles. The van der Waals surface area contributed by atoms with Gasteiger partial charge < -0.3 is 10.6 Å². The van der Waals surface area contributed by atoms with E-state index < -0.39 is 0 Å². The van der Waals surface area contributed by atoms with E-state index in [0.717, 1.165) is 17.8 Å². The van der Waals surface area contributed by atoms with Crippen LogP contribution in [0.25, 0.3) is 0 Å². The molecule has 6 nitrogen and oxygen atoms in total. The number of aromatic nitrogens is 3. The number of anilines is 1. The van der Waals surface area contributed by atoms with Gasteiger partial charge in [0.2, 0.25) is 0 Å². The van der Waals surface area contributed by atoms with Gasteiger partial charge in [-0.1, -0.05) is 6.92 Å². The number of hydrogen-bond donors (Lipinski definition) is 3. The van der Waals surface area contributed by atoms with Crippen molar-refractivity contribution in [3.05, 3.63) is 41.3 Å². The van der Waals surface area contributed by atoms with Gasteiger partial charge in [0.1, 0.15) is 5.82 Å². The Bertz CT molecular complexity index is 606. The van der Waals surface area contributed by atoms with Crippen molar-refractivity contribution < 1.29 is 4.79 Å². The van der Waals surface area contributed by atoms with Crippen LogP contribution in [0.15, 0.2) is 24.4 Å². The molecule has 0 saturated heterocycles. The van der Waals surface area contributed by atoms with Gasteiger partial charge in [-0.25, -0.2) is 4.98 Å². The molecule has 0 aliphatic rings. The predicted octanol–water partition coefficient (Wildman–Crippen LogP) is 2.12. The summed E-state index contributed by atoms with van der Waals surface area (Å²) in [6.07, 6.45) is 2.54. The van der Waals surface area contributed by atoms with E-state index in [1.54, 1.807) is 18.3 Å². The van der Waals surface area contributed by atoms with Gasteiger partial charge in [-0.3, -0.25) is 9.89 Å². The fourth-order valence-corrected chi connectivity index (χ4v) is 1.93. The summed E-state index contributed by atoms with van der Waals surface area (Å²) in [6, 6.07) is 5.69. The average molecular weight is 287 g/mol. The molecule has 0 saturated carbocycles. The van der Waals surface area contributed by atoms with Crippen molar-refractivity contribution in [2.45, 2.75) is 39.8 Å². The standard InChI is InChI=1S/C15H21N5O/c1-4-11-8-12(20-19-11)9-17-15(21)13-6-5-7-16-14(13)18-10(2)3/h5-8,10H,4,9H2,1-3H3,(H,16,18)(H,17,21)(H,19,20). The lowest BCUT2D eigenvalue weighted by atomic mass is 10.2. The van der Waals surface area contributed by atoms with E-state index >= 15 is 0 Å². The Kier molecular flexibility index (Phi) is 4.92. The van der Waals surface area contributed by atoms with Crippen LogP contribution in [0.5, 0.6) is 0 Å². The van der Waals surface area contributed by atoms with Crippen molar-refractivity contribution >= 4 is 11.7 Å². The highest BCUT2D eigenvalue weighted by atomic mass is 16.1. The quantitative estimate of drug-likeness (QED) is 0.760. The Morgan fingerprint density at radius 3 is 2.90 bits per heavy atom. The number of nitrogens with zero attached hydrogens (tertiary/aromatic N) is 2. The molecule has 0 atom stereocenters. The third-order valence-electron chi connectivity index (χ3n) is 2.96. The van der Waals surface area contributed by atoms with E-state index in [9.17, 15) is 4.79 Å². The Balaban J connectivity index is 2.03. The molecule has 1 amide bonds. The monoisotopic (exact) mass is 287 g/mol. The van der Waals surface area contributed by atoms with Gasteiger partial charge in [0.05, 0.1) is 23.5 Å². The summed E-state index contributed by atoms with van der Waals surface area (Å²) in [7, 11) is 0. The number of carbonyl (C=O) groups excluding carboxylic acids is 1. The number of nitrogens with one attached hydrogen (secondary N) is 3. The number of rotatable bonds is 6. The van der Waals surface area contributed by atoms with Crippen LogP contribution in [0.4, 0.5) is 5.82 Å². The largest absolute Gasteiger partial charge is 0.367 e. The van der Waals surface area contributed by atoms with Gasteiger partial charge in [-0.05, 0) is 38.5 Å². The summed E-state index contributed by atoms with van der Waals surface area (Å²) in [6.45, 7) is 6.47. The van der Waals surface area contributed by atoms with E-state index in [2.05, 4.69) is 25.8 Å². The number of hydrogen-bond acceptors (Lipinski definition) is 4. The maximum absolute atomic E-state index is 12.3. The second-order valence-corrected chi connectivity index (χ2v) is 5.12. The van der Waals surface area contributed by atoms with Crippen LogP contribution >= 0.6 is 0 Å². The second-order valence-electron chi connectivity index (χ2n) is 5.12. The zero-order valence-corrected chi connectivity index (χ0v) is 12.6. The summed E-state index contributed by atoms with van der Waals surface area (Å²) in [5.41, 5.74) is 2.42. The molecule has 2 heterocycles. The highest BCUT2D eigenvalue weighted by Crippen LogP contribution is 2.12. The molecular weight excluding hydrogens is 266 g/mol. The lowest BCUT2D eigenvalue weighted by molar-refractivity contribution is 0.0951. The van der Waals surface area contributed by atoms with Crippen LogP contribution in [0.2, 0.25) is 0 Å². The molecular formula is C15H21N5O. The summed E-state index contributed by atoms with van der Waals surface area (Å²) in [5.74, 6) is 0.447. The van der Waals surface area contributed by atoms with E-state index in [1.165, 1.54) is 0 Å². The zero-order valence-electron chi connectivity index (χ0n) is 12.6. The van der Waals surface area contributed by atoms with Crippen LogP contribution in [-0.2, 0) is 13.0 Å². The summed E-state index contributed by atoms with van der Waals surface area (Å²) in [5, 5.41) is 13.1. The first-order valence-electron chi connectivity index (χ1n) is 7.13. The first-order chi connectivity index (χ1) is 10.1. The molecule has 2 aromatic heterocycles. The summed E-state index contributed by atoms with van der Waals surface area (Å²) >= 11 is 0. The van der Waals surface area contributed by atoms with Crippen molar-refractivity contribution in [3.8, 4) is 0 Å². The van der Waals surface area contributed by atoms with Crippen molar-refractivity contribution in [3.63, 3.8) is 0 Å². The minimum Gasteiger partial charge on any atom is -0.367 e. The van der Waals surface area contributed by atoms with Crippen LogP contribution in [0, 0.1) is 0 Å². The van der Waals surface area contributed by atoms with Crippen LogP contribution in [0.1, 0.15) is 42.5 Å². The molecule has 0 spiro atoms. The molecule has 0 unspecified atom stereocenters. The average Bonchev–Trinajstić information content (AvgIpc) is 2.93. The minimum atomic E-state index is -0.154. The maximum atomic E-state index is 12.3. The molecule has 0 fully saturated rings. The Labute approximate surface area is 124 Å². The fourth-order valence-electron chi connectivity index (χ4n) is 1.93. The minimum absolute atomic E-state index is 0.154. The van der Waals surface area contributed by atoms with Gasteiger partial charge in [0, 0.05) is 12.2 Å². The molecule has 0 aliphatic carbocycles. The van der Waals surface area contributed by atoms with Gasteiger partial charge in [0.25, 0.3) is 5.91 Å². The van der Waals surface area contributed by atoms with E-state index in [1.807, 2.05) is 26.8 Å². The molecule has 6 heteroatoms. The number of carbonyl (C=O) groups is 1. The van der Waals surface area contributed by atoms with Gasteiger partial charge in [0.15, 0.2) is 0 Å². The first-order valence-corrected chi connectivity index (χ1v) is 7.13. The lowest BCUT2D eigenvalue weighted by Crippen LogP contribution is -2.25. The highest BCUT2D eigenvalue weighted by Gasteiger charge is 2.13. The van der Waals surface area contributed by atoms with Crippen molar-refractivity contribution in [1.82, 2.24) is 20.5 Å². The summed E-state index contributed by atoms with van der Waals surface area (Å²) in [4.78, 5) is 16.5. The SMILES string of the molecule is CCc1cc(CNC(=O)c2cccnc2NC(C)C)[nH]n1. The van der Waals surface area contributed by atoms with Crippen LogP contribution in [-0.4, -0.2) is 27.1 Å². The second kappa shape index (κ2) is 6.88. The molecule has 3 N–H and O–H groups in total. The van der Waals surface area contributed by atoms with Gasteiger partial charge >= 0.3 is 0 Å². The zero-order chi connectivity index (χ0) is 15.2. The normalized spacial score (nSPS) is 10.7. The smallest absolute Gasteiger partial charge is 0.255 e. The third-order valence-corrected chi connectivity index (χ3v) is 2.96. The number of H-pyrrole nitrogens is 1. The summed E-state index contributed by atoms with van der Waals surface area (Å²) < 4.78 is 0. The number of aromatic amines is 1. The van der Waals surface area contributed by atoms with E-state index in [0.29, 0.717) is 17.9 Å². The van der Waals surface area contributed by atoms with Crippen molar-refractivity contribution in [1.29, 1.82) is 0 Å².